The Bertz CT molecular complexity index is 980. The maximum Gasteiger partial charge on any atom is 0.243 e. The van der Waals surface area contributed by atoms with Crippen LogP contribution in [0.3, 0.4) is 0 Å². The molecule has 0 atom stereocenters. The number of nitrogens with zero attached hydrogens (tertiary/aromatic N) is 1. The number of piperidine rings is 1. The lowest BCUT2D eigenvalue weighted by Gasteiger charge is -2.31. The second-order valence-corrected chi connectivity index (χ2v) is 9.87. The number of benzene rings is 2. The third kappa shape index (κ3) is 4.69. The molecule has 0 radical (unpaired) electrons. The molecule has 0 aliphatic carbocycles. The third-order valence-corrected chi connectivity index (χ3v) is 7.40. The first-order valence-corrected chi connectivity index (χ1v) is 11.2. The first kappa shape index (κ1) is 21.1. The van der Waals surface area contributed by atoms with Crippen molar-refractivity contribution in [1.82, 2.24) is 4.31 Å². The Morgan fingerprint density at radius 1 is 1.04 bits per heavy atom. The monoisotopic (exact) mass is 440 g/mol. The SMILES string of the molecule is Cc1ccc(S(=O)(=O)N2CCC(C(=O)Nc3cc(Cl)cc(Cl)c3)CC2)c(C)c1. The smallest absolute Gasteiger partial charge is 0.243 e. The summed E-state index contributed by atoms with van der Waals surface area (Å²) in [7, 11) is -3.56. The van der Waals surface area contributed by atoms with Crippen LogP contribution in [0.25, 0.3) is 0 Å². The van der Waals surface area contributed by atoms with Gasteiger partial charge in [-0.25, -0.2) is 8.42 Å². The molecule has 150 valence electrons. The minimum absolute atomic E-state index is 0.151. The van der Waals surface area contributed by atoms with E-state index in [0.717, 1.165) is 11.1 Å². The second-order valence-electron chi connectivity index (χ2n) is 7.09. The fraction of sp³-hybridized carbons (Fsp3) is 0.350. The average Bonchev–Trinajstić information content (AvgIpc) is 2.60. The number of carbonyl (C=O) groups is 1. The lowest BCUT2D eigenvalue weighted by Crippen LogP contribution is -2.41. The molecule has 8 heteroatoms. The van der Waals surface area contributed by atoms with Gasteiger partial charge in [0.1, 0.15) is 0 Å². The van der Waals surface area contributed by atoms with Crippen molar-refractivity contribution < 1.29 is 13.2 Å². The minimum Gasteiger partial charge on any atom is -0.326 e. The van der Waals surface area contributed by atoms with Gasteiger partial charge in [-0.1, -0.05) is 40.9 Å². The van der Waals surface area contributed by atoms with Crippen molar-refractivity contribution in [2.45, 2.75) is 31.6 Å². The van der Waals surface area contributed by atoms with Crippen LogP contribution in [0.5, 0.6) is 0 Å². The molecule has 1 fully saturated rings. The van der Waals surface area contributed by atoms with Crippen molar-refractivity contribution >= 4 is 44.8 Å². The van der Waals surface area contributed by atoms with Crippen LogP contribution in [0.2, 0.25) is 10.0 Å². The Hall–Kier alpha value is -1.60. The zero-order valence-electron chi connectivity index (χ0n) is 15.7. The van der Waals surface area contributed by atoms with E-state index in [1.807, 2.05) is 13.0 Å². The Morgan fingerprint density at radius 2 is 1.64 bits per heavy atom. The Kier molecular flexibility index (Phi) is 6.34. The molecule has 5 nitrogen and oxygen atoms in total. The van der Waals surface area contributed by atoms with Gasteiger partial charge in [-0.05, 0) is 56.5 Å². The summed E-state index contributed by atoms with van der Waals surface area (Å²) in [4.78, 5) is 12.9. The van der Waals surface area contributed by atoms with Gasteiger partial charge in [-0.3, -0.25) is 4.79 Å². The average molecular weight is 441 g/mol. The number of hydrogen-bond donors (Lipinski definition) is 1. The summed E-state index contributed by atoms with van der Waals surface area (Å²) in [5.74, 6) is -0.412. The van der Waals surface area contributed by atoms with Crippen LogP contribution in [-0.2, 0) is 14.8 Å². The molecule has 0 spiro atoms. The number of anilines is 1. The lowest BCUT2D eigenvalue weighted by molar-refractivity contribution is -0.120. The number of aryl methyl sites for hydroxylation is 2. The summed E-state index contributed by atoms with van der Waals surface area (Å²) in [5.41, 5.74) is 2.29. The fourth-order valence-electron chi connectivity index (χ4n) is 3.46. The summed E-state index contributed by atoms with van der Waals surface area (Å²) in [6.07, 6.45) is 0.925. The van der Waals surface area contributed by atoms with Crippen molar-refractivity contribution in [2.75, 3.05) is 18.4 Å². The van der Waals surface area contributed by atoms with Crippen molar-refractivity contribution in [3.8, 4) is 0 Å². The number of halogens is 2. The highest BCUT2D eigenvalue weighted by Crippen LogP contribution is 2.28. The van der Waals surface area contributed by atoms with Gasteiger partial charge < -0.3 is 5.32 Å². The lowest BCUT2D eigenvalue weighted by atomic mass is 9.97. The Morgan fingerprint density at radius 3 is 2.21 bits per heavy atom. The molecule has 1 heterocycles. The molecule has 0 unspecified atom stereocenters. The summed E-state index contributed by atoms with van der Waals surface area (Å²) in [6, 6.07) is 10.2. The van der Waals surface area contributed by atoms with Gasteiger partial charge in [0.25, 0.3) is 0 Å². The molecule has 0 saturated carbocycles. The van der Waals surface area contributed by atoms with Crippen LogP contribution >= 0.6 is 23.2 Å². The van der Waals surface area contributed by atoms with Crippen LogP contribution in [0, 0.1) is 19.8 Å². The fourth-order valence-corrected chi connectivity index (χ4v) is 5.66. The number of sulfonamides is 1. The molecule has 0 aromatic heterocycles. The zero-order chi connectivity index (χ0) is 20.5. The van der Waals surface area contributed by atoms with Crippen molar-refractivity contribution in [1.29, 1.82) is 0 Å². The van der Waals surface area contributed by atoms with Crippen LogP contribution < -0.4 is 5.32 Å². The first-order chi connectivity index (χ1) is 13.2. The van der Waals surface area contributed by atoms with Gasteiger partial charge in [0.15, 0.2) is 0 Å². The number of amides is 1. The predicted octanol–water partition coefficient (Wildman–Crippen LogP) is 4.65. The van der Waals surface area contributed by atoms with Crippen LogP contribution in [0.15, 0.2) is 41.3 Å². The van der Waals surface area contributed by atoms with Gasteiger partial charge in [-0.2, -0.15) is 4.31 Å². The van der Waals surface area contributed by atoms with Crippen molar-refractivity contribution in [2.24, 2.45) is 5.92 Å². The molecular weight excluding hydrogens is 419 g/mol. The zero-order valence-corrected chi connectivity index (χ0v) is 18.0. The summed E-state index contributed by atoms with van der Waals surface area (Å²) >= 11 is 11.9. The normalized spacial score (nSPS) is 16.1. The molecule has 1 amide bonds. The molecular formula is C20H22Cl2N2O3S. The van der Waals surface area contributed by atoms with E-state index in [9.17, 15) is 13.2 Å². The molecule has 1 N–H and O–H groups in total. The van der Waals surface area contributed by atoms with Crippen molar-refractivity contribution in [3.05, 3.63) is 57.6 Å². The quantitative estimate of drug-likeness (QED) is 0.751. The van der Waals surface area contributed by atoms with E-state index >= 15 is 0 Å². The molecule has 1 aliphatic heterocycles. The molecule has 2 aromatic carbocycles. The van der Waals surface area contributed by atoms with Crippen molar-refractivity contribution in [3.63, 3.8) is 0 Å². The summed E-state index contributed by atoms with van der Waals surface area (Å²) in [5, 5.41) is 3.70. The van der Waals surface area contributed by atoms with E-state index in [2.05, 4.69) is 5.32 Å². The molecule has 28 heavy (non-hydrogen) atoms. The van der Waals surface area contributed by atoms with E-state index in [-0.39, 0.29) is 11.8 Å². The third-order valence-electron chi connectivity index (χ3n) is 4.90. The largest absolute Gasteiger partial charge is 0.326 e. The van der Waals surface area contributed by atoms with Gasteiger partial charge >= 0.3 is 0 Å². The molecule has 3 rings (SSSR count). The van der Waals surface area contributed by atoms with Crippen LogP contribution in [-0.4, -0.2) is 31.7 Å². The van der Waals surface area contributed by atoms with E-state index in [0.29, 0.717) is 46.6 Å². The Labute approximate surface area is 175 Å². The molecule has 0 bridgehead atoms. The van der Waals surface area contributed by atoms with Gasteiger partial charge in [0.05, 0.1) is 4.90 Å². The number of rotatable bonds is 4. The van der Waals surface area contributed by atoms with Crippen LogP contribution in [0.1, 0.15) is 24.0 Å². The number of carbonyl (C=O) groups excluding carboxylic acids is 1. The van der Waals surface area contributed by atoms with Gasteiger partial charge in [-0.15, -0.1) is 0 Å². The molecule has 1 saturated heterocycles. The maximum absolute atomic E-state index is 13.0. The summed E-state index contributed by atoms with van der Waals surface area (Å²) in [6.45, 7) is 4.35. The first-order valence-electron chi connectivity index (χ1n) is 9.01. The van der Waals surface area contributed by atoms with Gasteiger partial charge in [0.2, 0.25) is 15.9 Å². The summed E-state index contributed by atoms with van der Waals surface area (Å²) < 4.78 is 27.4. The van der Waals surface area contributed by atoms with E-state index < -0.39 is 10.0 Å². The van der Waals surface area contributed by atoms with Gasteiger partial charge in [0, 0.05) is 34.7 Å². The highest BCUT2D eigenvalue weighted by Gasteiger charge is 2.32. The highest BCUT2D eigenvalue weighted by molar-refractivity contribution is 7.89. The standard InChI is InChI=1S/C20H22Cl2N2O3S/c1-13-3-4-19(14(2)9-13)28(26,27)24-7-5-15(6-8-24)20(25)23-18-11-16(21)10-17(22)12-18/h3-4,9-12,15H,5-8H2,1-2H3,(H,23,25). The molecule has 2 aromatic rings. The molecule has 1 aliphatic rings. The predicted molar refractivity (Wildman–Crippen MR) is 112 cm³/mol. The number of hydrogen-bond acceptors (Lipinski definition) is 3. The number of nitrogens with one attached hydrogen (secondary N) is 1. The van der Waals surface area contributed by atoms with Crippen LogP contribution in [0.4, 0.5) is 5.69 Å². The van der Waals surface area contributed by atoms with E-state index in [4.69, 9.17) is 23.2 Å². The Balaban J connectivity index is 1.65. The minimum atomic E-state index is -3.56. The second kappa shape index (κ2) is 8.41. The highest BCUT2D eigenvalue weighted by atomic mass is 35.5. The maximum atomic E-state index is 13.0. The van der Waals surface area contributed by atoms with E-state index in [1.54, 1.807) is 37.3 Å². The topological polar surface area (TPSA) is 66.5 Å². The van der Waals surface area contributed by atoms with E-state index in [1.165, 1.54) is 4.31 Å².